The zero-order chi connectivity index (χ0) is 26.2. The van der Waals surface area contributed by atoms with Gasteiger partial charge in [0, 0.05) is 49.3 Å². The first-order chi connectivity index (χ1) is 17.7. The van der Waals surface area contributed by atoms with E-state index < -0.39 is 11.4 Å². The van der Waals surface area contributed by atoms with Crippen LogP contribution in [0.25, 0.3) is 0 Å². The van der Waals surface area contributed by atoms with Gasteiger partial charge in [0.25, 0.3) is 5.91 Å². The topological polar surface area (TPSA) is 82.5 Å². The average Bonchev–Trinajstić information content (AvgIpc) is 3.57. The highest BCUT2D eigenvalue weighted by molar-refractivity contribution is 6.04. The molecule has 8 heteroatoms. The average molecular weight is 506 g/mol. The molecule has 0 bridgehead atoms. The molecule has 0 unspecified atom stereocenters. The third-order valence-electron chi connectivity index (χ3n) is 7.10. The number of aryl methyl sites for hydroxylation is 1. The van der Waals surface area contributed by atoms with Crippen molar-refractivity contribution in [2.45, 2.75) is 64.4 Å². The molecule has 1 aliphatic heterocycles. The summed E-state index contributed by atoms with van der Waals surface area (Å²) >= 11 is 0. The highest BCUT2D eigenvalue weighted by atomic mass is 19.1. The normalized spacial score (nSPS) is 16.3. The number of ketones is 1. The van der Waals surface area contributed by atoms with E-state index in [9.17, 15) is 14.0 Å². The molecule has 194 valence electrons. The molecule has 1 aromatic heterocycles. The van der Waals surface area contributed by atoms with Crippen molar-refractivity contribution >= 4 is 17.5 Å². The van der Waals surface area contributed by atoms with Crippen molar-refractivity contribution in [1.29, 1.82) is 0 Å². The molecule has 37 heavy (non-hydrogen) atoms. The van der Waals surface area contributed by atoms with Crippen LogP contribution < -0.4 is 14.8 Å². The van der Waals surface area contributed by atoms with Crippen molar-refractivity contribution in [2.75, 3.05) is 5.32 Å². The predicted molar refractivity (Wildman–Crippen MR) is 138 cm³/mol. The summed E-state index contributed by atoms with van der Waals surface area (Å²) < 4.78 is 28.7. The molecule has 1 fully saturated rings. The van der Waals surface area contributed by atoms with Gasteiger partial charge >= 0.3 is 0 Å². The first kappa shape index (κ1) is 25.0. The van der Waals surface area contributed by atoms with Gasteiger partial charge in [0.05, 0.1) is 5.56 Å². The van der Waals surface area contributed by atoms with Crippen LogP contribution in [0.15, 0.2) is 42.6 Å². The number of anilines is 1. The Balaban J connectivity index is 1.36. The summed E-state index contributed by atoms with van der Waals surface area (Å²) in [5.74, 6) is 1.05. The second kappa shape index (κ2) is 10.00. The Morgan fingerprint density at radius 3 is 2.68 bits per heavy atom. The molecule has 1 amide bonds. The standard InChI is InChI=1S/C29H32FN3O4/c1-29(2)17-22-25(14-19(15-26(22)37-29)28(35)31-27-12-13-33(3)32-27)36-20-9-10-21(23(30)16-20)24(34)11-8-18-6-4-5-7-18/h9-10,12-16,18H,4-8,11,17H2,1-3H3,(H,31,32,35). The summed E-state index contributed by atoms with van der Waals surface area (Å²) in [6.07, 6.45) is 8.23. The molecule has 0 saturated heterocycles. The largest absolute Gasteiger partial charge is 0.487 e. The van der Waals surface area contributed by atoms with Crippen molar-refractivity contribution in [2.24, 2.45) is 13.0 Å². The Morgan fingerprint density at radius 2 is 1.97 bits per heavy atom. The van der Waals surface area contributed by atoms with Gasteiger partial charge in [0.15, 0.2) is 11.6 Å². The maximum atomic E-state index is 15.0. The summed E-state index contributed by atoms with van der Waals surface area (Å²) in [6, 6.07) is 9.32. The van der Waals surface area contributed by atoms with E-state index in [2.05, 4.69) is 10.4 Å². The van der Waals surface area contributed by atoms with Crippen molar-refractivity contribution in [3.05, 3.63) is 65.1 Å². The molecular weight excluding hydrogens is 473 g/mol. The molecule has 1 N–H and O–H groups in total. The predicted octanol–water partition coefficient (Wildman–Crippen LogP) is 6.47. The highest BCUT2D eigenvalue weighted by Gasteiger charge is 2.34. The fraction of sp³-hybridized carbons (Fsp3) is 0.414. The Bertz CT molecular complexity index is 1340. The second-order valence-corrected chi connectivity index (χ2v) is 10.7. The third-order valence-corrected chi connectivity index (χ3v) is 7.10. The van der Waals surface area contributed by atoms with Gasteiger partial charge in [-0.1, -0.05) is 25.7 Å². The number of carbonyl (C=O) groups excluding carboxylic acids is 2. The fourth-order valence-corrected chi connectivity index (χ4v) is 5.22. The van der Waals surface area contributed by atoms with Crippen LogP contribution in [0.2, 0.25) is 0 Å². The maximum absolute atomic E-state index is 15.0. The Hall–Kier alpha value is -3.68. The maximum Gasteiger partial charge on any atom is 0.257 e. The molecule has 0 radical (unpaired) electrons. The number of nitrogens with zero attached hydrogens (tertiary/aromatic N) is 2. The zero-order valence-electron chi connectivity index (χ0n) is 21.5. The van der Waals surface area contributed by atoms with Crippen LogP contribution in [-0.2, 0) is 13.5 Å². The summed E-state index contributed by atoms with van der Waals surface area (Å²) in [6.45, 7) is 3.91. The smallest absolute Gasteiger partial charge is 0.257 e. The van der Waals surface area contributed by atoms with E-state index >= 15 is 0 Å². The van der Waals surface area contributed by atoms with Gasteiger partial charge in [0.2, 0.25) is 0 Å². The van der Waals surface area contributed by atoms with E-state index in [1.807, 2.05) is 13.8 Å². The van der Waals surface area contributed by atoms with Gasteiger partial charge in [0.1, 0.15) is 28.7 Å². The number of benzene rings is 2. The van der Waals surface area contributed by atoms with Crippen molar-refractivity contribution < 1.29 is 23.5 Å². The van der Waals surface area contributed by atoms with Gasteiger partial charge in [-0.05, 0) is 50.5 Å². The van der Waals surface area contributed by atoms with Crippen LogP contribution in [0.4, 0.5) is 10.2 Å². The van der Waals surface area contributed by atoms with Gasteiger partial charge in [-0.25, -0.2) is 4.39 Å². The summed E-state index contributed by atoms with van der Waals surface area (Å²) in [7, 11) is 1.76. The summed E-state index contributed by atoms with van der Waals surface area (Å²) in [5.41, 5.74) is 0.744. The van der Waals surface area contributed by atoms with E-state index in [1.54, 1.807) is 42.2 Å². The Labute approximate surface area is 216 Å². The van der Waals surface area contributed by atoms with E-state index in [1.165, 1.54) is 25.0 Å². The Kier molecular flexibility index (Phi) is 6.75. The van der Waals surface area contributed by atoms with Crippen LogP contribution in [0.5, 0.6) is 17.2 Å². The molecule has 7 nitrogen and oxygen atoms in total. The first-order valence-corrected chi connectivity index (χ1v) is 12.8. The number of halogens is 1. The number of ether oxygens (including phenoxy) is 2. The number of fused-ring (bicyclic) bond motifs is 1. The lowest BCUT2D eigenvalue weighted by atomic mass is 9.97. The molecule has 0 spiro atoms. The Morgan fingerprint density at radius 1 is 1.19 bits per heavy atom. The van der Waals surface area contributed by atoms with Gasteiger partial charge in [-0.15, -0.1) is 0 Å². The number of rotatable bonds is 8. The minimum Gasteiger partial charge on any atom is -0.487 e. The molecule has 1 saturated carbocycles. The first-order valence-electron chi connectivity index (χ1n) is 12.8. The van der Waals surface area contributed by atoms with E-state index in [-0.39, 0.29) is 23.0 Å². The van der Waals surface area contributed by atoms with Crippen LogP contribution >= 0.6 is 0 Å². The number of hydrogen-bond acceptors (Lipinski definition) is 5. The van der Waals surface area contributed by atoms with Crippen LogP contribution in [-0.4, -0.2) is 27.1 Å². The number of hydrogen-bond donors (Lipinski definition) is 1. The van der Waals surface area contributed by atoms with Gasteiger partial charge < -0.3 is 14.8 Å². The number of aromatic nitrogens is 2. The fourth-order valence-electron chi connectivity index (χ4n) is 5.22. The molecule has 2 aromatic carbocycles. The van der Waals surface area contributed by atoms with Crippen molar-refractivity contribution in [3.63, 3.8) is 0 Å². The summed E-state index contributed by atoms with van der Waals surface area (Å²) in [5, 5.41) is 6.95. The molecule has 1 aliphatic carbocycles. The van der Waals surface area contributed by atoms with Gasteiger partial charge in [-0.2, -0.15) is 5.10 Å². The number of carbonyl (C=O) groups is 2. The third kappa shape index (κ3) is 5.68. The van der Waals surface area contributed by atoms with E-state index in [0.29, 0.717) is 41.6 Å². The monoisotopic (exact) mass is 505 g/mol. The number of nitrogens with one attached hydrogen (secondary N) is 1. The lowest BCUT2D eigenvalue weighted by Crippen LogP contribution is -2.24. The SMILES string of the molecule is Cn1ccc(NC(=O)c2cc(Oc3ccc(C(=O)CCC4CCCC4)c(F)c3)c3c(c2)OC(C)(C)C3)n1. The number of amides is 1. The van der Waals surface area contributed by atoms with Crippen LogP contribution in [0.1, 0.15) is 78.7 Å². The molecule has 5 rings (SSSR count). The lowest BCUT2D eigenvalue weighted by molar-refractivity contribution is 0.0968. The second-order valence-electron chi connectivity index (χ2n) is 10.7. The van der Waals surface area contributed by atoms with Crippen molar-refractivity contribution in [3.8, 4) is 17.2 Å². The van der Waals surface area contributed by atoms with Crippen molar-refractivity contribution in [1.82, 2.24) is 9.78 Å². The van der Waals surface area contributed by atoms with Crippen LogP contribution in [0, 0.1) is 11.7 Å². The quantitative estimate of drug-likeness (QED) is 0.355. The van der Waals surface area contributed by atoms with E-state index in [0.717, 1.165) is 24.8 Å². The molecule has 2 heterocycles. The van der Waals surface area contributed by atoms with E-state index in [4.69, 9.17) is 9.47 Å². The minimum atomic E-state index is -0.605. The summed E-state index contributed by atoms with van der Waals surface area (Å²) in [4.78, 5) is 25.6. The van der Waals surface area contributed by atoms with Gasteiger partial charge in [-0.3, -0.25) is 14.3 Å². The molecule has 0 atom stereocenters. The van der Waals surface area contributed by atoms with Crippen LogP contribution in [0.3, 0.4) is 0 Å². The molecule has 3 aromatic rings. The zero-order valence-corrected chi connectivity index (χ0v) is 21.5. The minimum absolute atomic E-state index is 0.0866. The number of Topliss-reactive ketones (excluding diaryl/α,β-unsaturated/α-hetero) is 1. The molecule has 2 aliphatic rings. The lowest BCUT2D eigenvalue weighted by Gasteiger charge is -2.16. The molecular formula is C29H32FN3O4. The highest BCUT2D eigenvalue weighted by Crippen LogP contribution is 2.43.